The second kappa shape index (κ2) is 11.9. The van der Waals surface area contributed by atoms with Crippen molar-refractivity contribution in [2.75, 3.05) is 26.3 Å². The summed E-state index contributed by atoms with van der Waals surface area (Å²) >= 11 is 7.54. The summed E-state index contributed by atoms with van der Waals surface area (Å²) in [7, 11) is 0. The molecule has 1 aliphatic rings. The molecule has 1 fully saturated rings. The van der Waals surface area contributed by atoms with Gasteiger partial charge in [0.25, 0.3) is 11.8 Å². The van der Waals surface area contributed by atoms with E-state index >= 15 is 0 Å². The number of alkyl halides is 1. The largest absolute Gasteiger partial charge is 0.352 e. The summed E-state index contributed by atoms with van der Waals surface area (Å²) in [5.41, 5.74) is 3.07. The molecule has 2 aromatic rings. The molecular formula is C24H32ClFN4O2S. The predicted molar refractivity (Wildman–Crippen MR) is 131 cm³/mol. The van der Waals surface area contributed by atoms with E-state index in [-0.39, 0.29) is 11.9 Å². The lowest BCUT2D eigenvalue weighted by atomic mass is 10.00. The Morgan fingerprint density at radius 2 is 2.09 bits per heavy atom. The Labute approximate surface area is 204 Å². The molecule has 0 radical (unpaired) electrons. The number of carbonyl (C=O) groups is 2. The van der Waals surface area contributed by atoms with Crippen molar-refractivity contribution in [1.29, 1.82) is 0 Å². The highest BCUT2D eigenvalue weighted by atomic mass is 35.5. The van der Waals surface area contributed by atoms with Crippen molar-refractivity contribution in [3.8, 4) is 0 Å². The number of aromatic nitrogens is 1. The number of hydrogen-bond acceptors (Lipinski definition) is 5. The van der Waals surface area contributed by atoms with Gasteiger partial charge in [-0.3, -0.25) is 9.59 Å². The van der Waals surface area contributed by atoms with Gasteiger partial charge in [-0.15, -0.1) is 0 Å². The van der Waals surface area contributed by atoms with Crippen LogP contribution in [0.5, 0.6) is 0 Å². The Kier molecular flexibility index (Phi) is 9.23. The van der Waals surface area contributed by atoms with Crippen LogP contribution in [-0.2, 0) is 11.3 Å². The summed E-state index contributed by atoms with van der Waals surface area (Å²) in [5, 5.41) is 7.37. The Morgan fingerprint density at radius 3 is 2.70 bits per heavy atom. The molecule has 6 nitrogen and oxygen atoms in total. The number of thiophene rings is 1. The summed E-state index contributed by atoms with van der Waals surface area (Å²) in [4.78, 5) is 33.1. The zero-order chi connectivity index (χ0) is 24.0. The SMILES string of the molecule is Cc1cc(Cl)nc(C)c1C(=O)NCCC(C)N1CCC(N(Cc2ccsc2)C(=O)CF)CC1. The number of carbonyl (C=O) groups excluding carboxylic acids is 2. The van der Waals surface area contributed by atoms with Crippen LogP contribution in [0.1, 0.15) is 53.4 Å². The van der Waals surface area contributed by atoms with E-state index in [1.165, 1.54) is 0 Å². The molecule has 1 unspecified atom stereocenters. The zero-order valence-electron chi connectivity index (χ0n) is 19.4. The van der Waals surface area contributed by atoms with Crippen molar-refractivity contribution >= 4 is 34.8 Å². The van der Waals surface area contributed by atoms with Crippen molar-refractivity contribution in [1.82, 2.24) is 20.1 Å². The first kappa shape index (κ1) is 25.6. The highest BCUT2D eigenvalue weighted by Gasteiger charge is 2.29. The molecule has 0 aromatic carbocycles. The molecule has 2 aromatic heterocycles. The first-order valence-electron chi connectivity index (χ1n) is 11.3. The van der Waals surface area contributed by atoms with Gasteiger partial charge in [-0.1, -0.05) is 11.6 Å². The number of likely N-dealkylation sites (tertiary alicyclic amines) is 1. The second-order valence-electron chi connectivity index (χ2n) is 8.67. The number of piperidine rings is 1. The van der Waals surface area contributed by atoms with Crippen LogP contribution in [0.3, 0.4) is 0 Å². The number of amides is 2. The molecule has 9 heteroatoms. The molecule has 1 atom stereocenters. The van der Waals surface area contributed by atoms with Crippen molar-refractivity contribution in [2.24, 2.45) is 0 Å². The van der Waals surface area contributed by atoms with Gasteiger partial charge in [0.1, 0.15) is 5.15 Å². The van der Waals surface area contributed by atoms with Gasteiger partial charge in [0.05, 0.1) is 11.3 Å². The quantitative estimate of drug-likeness (QED) is 0.525. The molecule has 0 saturated carbocycles. The van der Waals surface area contributed by atoms with Gasteiger partial charge in [-0.05, 0) is 74.1 Å². The summed E-state index contributed by atoms with van der Waals surface area (Å²) in [5.74, 6) is -0.563. The van der Waals surface area contributed by atoms with Gasteiger partial charge in [-0.25, -0.2) is 9.37 Å². The van der Waals surface area contributed by atoms with Crippen molar-refractivity contribution in [2.45, 2.75) is 58.7 Å². The predicted octanol–water partition coefficient (Wildman–Crippen LogP) is 4.38. The van der Waals surface area contributed by atoms with E-state index in [2.05, 4.69) is 22.1 Å². The topological polar surface area (TPSA) is 65.5 Å². The van der Waals surface area contributed by atoms with Crippen molar-refractivity contribution in [3.63, 3.8) is 0 Å². The van der Waals surface area contributed by atoms with E-state index in [1.807, 2.05) is 23.8 Å². The molecule has 0 spiro atoms. The van der Waals surface area contributed by atoms with Crippen LogP contribution in [0, 0.1) is 13.8 Å². The number of aryl methyl sites for hydroxylation is 2. The smallest absolute Gasteiger partial charge is 0.254 e. The molecule has 1 N–H and O–H groups in total. The van der Waals surface area contributed by atoms with Gasteiger partial charge >= 0.3 is 0 Å². The number of halogens is 2. The number of hydrogen-bond donors (Lipinski definition) is 1. The van der Waals surface area contributed by atoms with Gasteiger partial charge in [0.2, 0.25) is 0 Å². The first-order chi connectivity index (χ1) is 15.8. The normalized spacial score (nSPS) is 15.9. The number of pyridine rings is 1. The highest BCUT2D eigenvalue weighted by molar-refractivity contribution is 7.07. The lowest BCUT2D eigenvalue weighted by Crippen LogP contribution is -2.49. The van der Waals surface area contributed by atoms with Crippen LogP contribution in [0.15, 0.2) is 22.9 Å². The Balaban J connectivity index is 1.47. The maximum atomic E-state index is 13.2. The third kappa shape index (κ3) is 6.74. The summed E-state index contributed by atoms with van der Waals surface area (Å²) in [6.45, 7) is 7.57. The second-order valence-corrected chi connectivity index (χ2v) is 9.84. The van der Waals surface area contributed by atoms with Crippen molar-refractivity contribution < 1.29 is 14.0 Å². The van der Waals surface area contributed by atoms with Gasteiger partial charge in [-0.2, -0.15) is 11.3 Å². The number of rotatable bonds is 9. The fourth-order valence-electron chi connectivity index (χ4n) is 4.51. The van der Waals surface area contributed by atoms with E-state index in [0.29, 0.717) is 35.5 Å². The minimum absolute atomic E-state index is 0.0552. The fourth-order valence-corrected chi connectivity index (χ4v) is 5.46. The monoisotopic (exact) mass is 494 g/mol. The van der Waals surface area contributed by atoms with Gasteiger partial charge in [0, 0.05) is 38.3 Å². The average Bonchev–Trinajstić information content (AvgIpc) is 3.29. The Bertz CT molecular complexity index is 925. The molecule has 0 aliphatic carbocycles. The molecule has 2 amide bonds. The molecule has 33 heavy (non-hydrogen) atoms. The summed E-state index contributed by atoms with van der Waals surface area (Å²) in [6.07, 6.45) is 2.46. The number of nitrogens with one attached hydrogen (secondary N) is 1. The summed E-state index contributed by atoms with van der Waals surface area (Å²) < 4.78 is 13.2. The van der Waals surface area contributed by atoms with Gasteiger partial charge < -0.3 is 15.1 Å². The maximum Gasteiger partial charge on any atom is 0.254 e. The fraction of sp³-hybridized carbons (Fsp3) is 0.542. The first-order valence-corrected chi connectivity index (χ1v) is 12.6. The van der Waals surface area contributed by atoms with E-state index < -0.39 is 12.6 Å². The van der Waals surface area contributed by atoms with Crippen molar-refractivity contribution in [3.05, 3.63) is 50.4 Å². The Hall–Kier alpha value is -2.03. The standard InChI is InChI=1S/C24H32ClFN4O2S/c1-16-12-21(25)28-18(3)23(16)24(32)27-8-4-17(2)29-9-5-20(6-10-29)30(22(31)13-26)14-19-7-11-33-15-19/h7,11-12,15,17,20H,4-6,8-10,13-14H2,1-3H3,(H,27,32). The molecular weight excluding hydrogens is 463 g/mol. The molecule has 180 valence electrons. The summed E-state index contributed by atoms with van der Waals surface area (Å²) in [6, 6.07) is 4.03. The Morgan fingerprint density at radius 1 is 1.36 bits per heavy atom. The highest BCUT2D eigenvalue weighted by Crippen LogP contribution is 2.22. The minimum atomic E-state index is -0.956. The molecule has 3 heterocycles. The van der Waals surface area contributed by atoms with Crippen LogP contribution < -0.4 is 5.32 Å². The van der Waals surface area contributed by atoms with Crippen LogP contribution in [-0.4, -0.2) is 65.0 Å². The third-order valence-corrected chi connectivity index (χ3v) is 7.30. The number of nitrogens with zero attached hydrogens (tertiary/aromatic N) is 3. The average molecular weight is 495 g/mol. The molecule has 0 bridgehead atoms. The van der Waals surface area contributed by atoms with E-state index in [9.17, 15) is 14.0 Å². The lowest BCUT2D eigenvalue weighted by molar-refractivity contribution is -0.136. The molecule has 1 aliphatic heterocycles. The third-order valence-electron chi connectivity index (χ3n) is 6.37. The van der Waals surface area contributed by atoms with Crippen LogP contribution in [0.4, 0.5) is 4.39 Å². The van der Waals surface area contributed by atoms with Crippen LogP contribution in [0.25, 0.3) is 0 Å². The van der Waals surface area contributed by atoms with E-state index in [4.69, 9.17) is 11.6 Å². The van der Waals surface area contributed by atoms with Crippen LogP contribution >= 0.6 is 22.9 Å². The maximum absolute atomic E-state index is 13.2. The molecule has 1 saturated heterocycles. The minimum Gasteiger partial charge on any atom is -0.352 e. The van der Waals surface area contributed by atoms with E-state index in [1.54, 1.807) is 29.2 Å². The lowest BCUT2D eigenvalue weighted by Gasteiger charge is -2.40. The van der Waals surface area contributed by atoms with Crippen LogP contribution in [0.2, 0.25) is 5.15 Å². The molecule has 3 rings (SSSR count). The van der Waals surface area contributed by atoms with Gasteiger partial charge in [0.15, 0.2) is 6.67 Å². The zero-order valence-corrected chi connectivity index (χ0v) is 21.0. The van der Waals surface area contributed by atoms with E-state index in [0.717, 1.165) is 43.5 Å².